The van der Waals surface area contributed by atoms with Crippen molar-refractivity contribution in [2.75, 3.05) is 37.7 Å². The Morgan fingerprint density at radius 2 is 1.85 bits per heavy atom. The number of anilines is 1. The lowest BCUT2D eigenvalue weighted by Gasteiger charge is -2.34. The van der Waals surface area contributed by atoms with Gasteiger partial charge >= 0.3 is 6.01 Å². The summed E-state index contributed by atoms with van der Waals surface area (Å²) < 4.78 is 21.1. The first-order chi connectivity index (χ1) is 20.1. The van der Waals surface area contributed by atoms with Gasteiger partial charge in [-0.1, -0.05) is 30.2 Å². The number of nitrogens with one attached hydrogen (secondary N) is 1. The van der Waals surface area contributed by atoms with Gasteiger partial charge in [0, 0.05) is 42.3 Å². The van der Waals surface area contributed by atoms with E-state index in [0.29, 0.717) is 47.1 Å². The second-order valence-corrected chi connectivity index (χ2v) is 12.0. The molecule has 2 atom stereocenters. The van der Waals surface area contributed by atoms with Crippen LogP contribution in [-0.4, -0.2) is 75.2 Å². The lowest BCUT2D eigenvalue weighted by atomic mass is 9.95. The van der Waals surface area contributed by atoms with Crippen LogP contribution < -0.4 is 15.0 Å². The quantitative estimate of drug-likeness (QED) is 0.369. The molecule has 0 spiro atoms. The Hall–Kier alpha value is -3.87. The number of piperazine rings is 1. The summed E-state index contributed by atoms with van der Waals surface area (Å²) in [5.74, 6) is 3.35. The van der Waals surface area contributed by atoms with Crippen LogP contribution in [0.1, 0.15) is 44.1 Å². The molecule has 4 aromatic rings. The third kappa shape index (κ3) is 4.12. The topological polar surface area (TPSA) is 79.3 Å². The Labute approximate surface area is 238 Å². The average Bonchev–Trinajstić information content (AvgIpc) is 3.68. The van der Waals surface area contributed by atoms with E-state index < -0.39 is 5.82 Å². The van der Waals surface area contributed by atoms with Crippen molar-refractivity contribution >= 4 is 27.6 Å². The molecular formula is C32H32FN7O. The Morgan fingerprint density at radius 3 is 2.63 bits per heavy atom. The number of nitrogens with zero attached hydrogens (tertiary/aromatic N) is 6. The standard InChI is InChI=1S/C32H32FN7O/c1-2-23-26(33)11-8-20-6-3-7-24(27(20)23)28-34-16-25-29(36-28)37-31(41-19-32-12-4-14-40(32)15-5-13-32)38-30(25)39-17-21-9-10-22(18-39)35-21/h1,3,6-8,11,16,21-22,35H,4-5,9-10,12-15,17-19H2. The lowest BCUT2D eigenvalue weighted by molar-refractivity contribution is 0.108. The van der Waals surface area contributed by atoms with Gasteiger partial charge in [-0.25, -0.2) is 14.4 Å². The van der Waals surface area contributed by atoms with Crippen LogP contribution in [0.4, 0.5) is 10.2 Å². The van der Waals surface area contributed by atoms with E-state index in [1.807, 2.05) is 18.2 Å². The molecule has 2 aromatic carbocycles. The van der Waals surface area contributed by atoms with E-state index in [1.54, 1.807) is 12.3 Å². The third-order valence-corrected chi connectivity index (χ3v) is 9.59. The highest BCUT2D eigenvalue weighted by molar-refractivity contribution is 6.00. The van der Waals surface area contributed by atoms with E-state index >= 15 is 0 Å². The van der Waals surface area contributed by atoms with Crippen molar-refractivity contribution in [2.45, 2.75) is 56.1 Å². The summed E-state index contributed by atoms with van der Waals surface area (Å²) in [6, 6.07) is 10.1. The van der Waals surface area contributed by atoms with E-state index in [2.05, 4.69) is 21.0 Å². The molecule has 4 aliphatic rings. The summed E-state index contributed by atoms with van der Waals surface area (Å²) in [4.78, 5) is 24.4. The van der Waals surface area contributed by atoms with Crippen LogP contribution in [0, 0.1) is 18.2 Å². The molecule has 9 heteroatoms. The molecule has 2 unspecified atom stereocenters. The molecule has 0 amide bonds. The number of aromatic nitrogens is 4. The van der Waals surface area contributed by atoms with Gasteiger partial charge < -0.3 is 15.0 Å². The van der Waals surface area contributed by atoms with Gasteiger partial charge in [0.25, 0.3) is 0 Å². The summed E-state index contributed by atoms with van der Waals surface area (Å²) in [6.45, 7) is 4.60. The van der Waals surface area contributed by atoms with Gasteiger partial charge in [0.2, 0.25) is 0 Å². The van der Waals surface area contributed by atoms with E-state index in [-0.39, 0.29) is 11.1 Å². The molecule has 0 radical (unpaired) electrons. The molecular weight excluding hydrogens is 517 g/mol. The monoisotopic (exact) mass is 549 g/mol. The number of hydrogen-bond donors (Lipinski definition) is 1. The van der Waals surface area contributed by atoms with Crippen molar-refractivity contribution in [3.05, 3.63) is 47.9 Å². The Morgan fingerprint density at radius 1 is 1.05 bits per heavy atom. The SMILES string of the molecule is C#Cc1c(F)ccc2cccc(-c3ncc4c(N5CC6CCC(C5)N6)nc(OCC56CCCN5CCC6)nc4n3)c12. The zero-order valence-electron chi connectivity index (χ0n) is 22.9. The third-order valence-electron chi connectivity index (χ3n) is 9.59. The number of halogens is 1. The van der Waals surface area contributed by atoms with E-state index in [9.17, 15) is 4.39 Å². The van der Waals surface area contributed by atoms with Gasteiger partial charge in [0.15, 0.2) is 11.5 Å². The average molecular weight is 550 g/mol. The highest BCUT2D eigenvalue weighted by Gasteiger charge is 2.45. The molecule has 0 aliphatic carbocycles. The minimum absolute atomic E-state index is 0.0854. The second kappa shape index (κ2) is 9.61. The van der Waals surface area contributed by atoms with Crippen molar-refractivity contribution in [1.29, 1.82) is 0 Å². The van der Waals surface area contributed by atoms with Crippen LogP contribution in [0.25, 0.3) is 33.2 Å². The molecule has 41 heavy (non-hydrogen) atoms. The number of hydrogen-bond acceptors (Lipinski definition) is 8. The number of fused-ring (bicyclic) bond motifs is 5. The van der Waals surface area contributed by atoms with Gasteiger partial charge in [-0.15, -0.1) is 6.42 Å². The van der Waals surface area contributed by atoms with Gasteiger partial charge in [-0.05, 0) is 63.1 Å². The number of benzene rings is 2. The molecule has 208 valence electrons. The molecule has 1 N–H and O–H groups in total. The first-order valence-corrected chi connectivity index (χ1v) is 14.7. The maximum absolute atomic E-state index is 14.7. The van der Waals surface area contributed by atoms with Crippen molar-refractivity contribution in [2.24, 2.45) is 0 Å². The number of ether oxygens (including phenoxy) is 1. The Bertz CT molecular complexity index is 1700. The predicted octanol–water partition coefficient (Wildman–Crippen LogP) is 4.31. The van der Waals surface area contributed by atoms with E-state index in [1.165, 1.54) is 31.7 Å². The zero-order valence-corrected chi connectivity index (χ0v) is 22.9. The van der Waals surface area contributed by atoms with Crippen LogP contribution >= 0.6 is 0 Å². The summed E-state index contributed by atoms with van der Waals surface area (Å²) in [7, 11) is 0. The fourth-order valence-electron chi connectivity index (χ4n) is 7.63. The molecule has 4 aliphatic heterocycles. The van der Waals surface area contributed by atoms with Crippen molar-refractivity contribution < 1.29 is 9.13 Å². The van der Waals surface area contributed by atoms with Gasteiger partial charge in [0.05, 0.1) is 16.5 Å². The van der Waals surface area contributed by atoms with Crippen molar-refractivity contribution in [3.63, 3.8) is 0 Å². The Kier molecular flexibility index (Phi) is 5.83. The summed E-state index contributed by atoms with van der Waals surface area (Å²) in [5, 5.41) is 5.95. The lowest BCUT2D eigenvalue weighted by Crippen LogP contribution is -2.51. The normalized spacial score (nSPS) is 23.3. The number of terminal acetylenes is 1. The predicted molar refractivity (Wildman–Crippen MR) is 156 cm³/mol. The first kappa shape index (κ1) is 24.9. The summed E-state index contributed by atoms with van der Waals surface area (Å²) in [6.07, 6.45) is 14.6. The number of rotatable bonds is 5. The molecule has 2 aromatic heterocycles. The first-order valence-electron chi connectivity index (χ1n) is 14.7. The molecule has 2 bridgehead atoms. The highest BCUT2D eigenvalue weighted by atomic mass is 19.1. The maximum atomic E-state index is 14.7. The van der Waals surface area contributed by atoms with Crippen LogP contribution in [0.2, 0.25) is 0 Å². The summed E-state index contributed by atoms with van der Waals surface area (Å²) in [5.41, 5.74) is 1.49. The van der Waals surface area contributed by atoms with Crippen LogP contribution in [0.15, 0.2) is 36.5 Å². The minimum Gasteiger partial charge on any atom is -0.461 e. The minimum atomic E-state index is -0.436. The van der Waals surface area contributed by atoms with Gasteiger partial charge in [-0.3, -0.25) is 4.90 Å². The van der Waals surface area contributed by atoms with Crippen molar-refractivity contribution in [3.8, 4) is 29.7 Å². The molecule has 4 fully saturated rings. The molecule has 8 rings (SSSR count). The molecule has 4 saturated heterocycles. The van der Waals surface area contributed by atoms with Crippen LogP contribution in [0.3, 0.4) is 0 Å². The van der Waals surface area contributed by atoms with E-state index in [4.69, 9.17) is 31.1 Å². The van der Waals surface area contributed by atoms with Gasteiger partial charge in [0.1, 0.15) is 18.2 Å². The van der Waals surface area contributed by atoms with E-state index in [0.717, 1.165) is 55.6 Å². The maximum Gasteiger partial charge on any atom is 0.320 e. The smallest absolute Gasteiger partial charge is 0.320 e. The summed E-state index contributed by atoms with van der Waals surface area (Å²) >= 11 is 0. The zero-order chi connectivity index (χ0) is 27.6. The molecule has 8 nitrogen and oxygen atoms in total. The molecule has 6 heterocycles. The second-order valence-electron chi connectivity index (χ2n) is 12.0. The fraction of sp³-hybridized carbons (Fsp3) is 0.438. The Balaban J connectivity index is 1.24. The van der Waals surface area contributed by atoms with Crippen LogP contribution in [0.5, 0.6) is 6.01 Å². The van der Waals surface area contributed by atoms with Crippen LogP contribution in [-0.2, 0) is 0 Å². The highest BCUT2D eigenvalue weighted by Crippen LogP contribution is 2.39. The van der Waals surface area contributed by atoms with Crippen molar-refractivity contribution in [1.82, 2.24) is 30.2 Å². The molecule has 0 saturated carbocycles. The fourth-order valence-corrected chi connectivity index (χ4v) is 7.63. The van der Waals surface area contributed by atoms with Gasteiger partial charge in [-0.2, -0.15) is 9.97 Å². The largest absolute Gasteiger partial charge is 0.461 e.